The van der Waals surface area contributed by atoms with Crippen molar-refractivity contribution in [3.05, 3.63) is 28.2 Å². The standard InChI is InChI=1S/C14H20Br2N2O/c1-19-14-3-2-12(10-13(14)16)11-18-8-6-17(5-4-15)7-9-18/h2-3,10H,4-9,11H2,1H3. The molecule has 0 aliphatic carbocycles. The summed E-state index contributed by atoms with van der Waals surface area (Å²) in [5, 5.41) is 1.07. The Kier molecular flexibility index (Phi) is 6.13. The Bertz CT molecular complexity index is 406. The molecule has 0 atom stereocenters. The van der Waals surface area contributed by atoms with E-state index in [4.69, 9.17) is 4.74 Å². The lowest BCUT2D eigenvalue weighted by Gasteiger charge is -2.34. The van der Waals surface area contributed by atoms with Gasteiger partial charge >= 0.3 is 0 Å². The van der Waals surface area contributed by atoms with Crippen LogP contribution in [0.2, 0.25) is 0 Å². The Morgan fingerprint density at radius 1 is 1.16 bits per heavy atom. The molecule has 1 heterocycles. The fourth-order valence-electron chi connectivity index (χ4n) is 2.36. The topological polar surface area (TPSA) is 15.7 Å². The van der Waals surface area contributed by atoms with Crippen LogP contribution in [-0.4, -0.2) is 55.0 Å². The lowest BCUT2D eigenvalue weighted by atomic mass is 10.2. The van der Waals surface area contributed by atoms with Gasteiger partial charge in [-0.2, -0.15) is 0 Å². The van der Waals surface area contributed by atoms with Gasteiger partial charge in [0.15, 0.2) is 0 Å². The van der Waals surface area contributed by atoms with Crippen LogP contribution in [0.4, 0.5) is 0 Å². The van der Waals surface area contributed by atoms with Gasteiger partial charge < -0.3 is 4.74 Å². The molecule has 1 aromatic rings. The number of benzene rings is 1. The zero-order valence-corrected chi connectivity index (χ0v) is 14.4. The maximum Gasteiger partial charge on any atom is 0.133 e. The van der Waals surface area contributed by atoms with Crippen molar-refractivity contribution >= 4 is 31.9 Å². The third kappa shape index (κ3) is 4.45. The van der Waals surface area contributed by atoms with Gasteiger partial charge in [-0.1, -0.05) is 22.0 Å². The van der Waals surface area contributed by atoms with Crippen LogP contribution in [0.1, 0.15) is 5.56 Å². The van der Waals surface area contributed by atoms with Crippen molar-refractivity contribution in [3.8, 4) is 5.75 Å². The summed E-state index contributed by atoms with van der Waals surface area (Å²) in [7, 11) is 1.70. The molecule has 1 saturated heterocycles. The summed E-state index contributed by atoms with van der Waals surface area (Å²) < 4.78 is 6.29. The maximum absolute atomic E-state index is 5.26. The highest BCUT2D eigenvalue weighted by atomic mass is 79.9. The molecule has 0 amide bonds. The van der Waals surface area contributed by atoms with Crippen LogP contribution < -0.4 is 4.74 Å². The lowest BCUT2D eigenvalue weighted by molar-refractivity contribution is 0.133. The van der Waals surface area contributed by atoms with Crippen LogP contribution in [0.25, 0.3) is 0 Å². The number of ether oxygens (including phenoxy) is 1. The Morgan fingerprint density at radius 2 is 1.84 bits per heavy atom. The minimum atomic E-state index is 0.894. The Balaban J connectivity index is 1.87. The van der Waals surface area contributed by atoms with Gasteiger partial charge in [0.2, 0.25) is 0 Å². The molecule has 0 radical (unpaired) electrons. The van der Waals surface area contributed by atoms with Gasteiger partial charge in [-0.05, 0) is 33.6 Å². The van der Waals surface area contributed by atoms with Crippen LogP contribution in [-0.2, 0) is 6.54 Å². The molecule has 3 nitrogen and oxygen atoms in total. The molecule has 1 aliphatic rings. The quantitative estimate of drug-likeness (QED) is 0.717. The predicted octanol–water partition coefficient (Wildman–Crippen LogP) is 2.97. The number of methoxy groups -OCH3 is 1. The van der Waals surface area contributed by atoms with E-state index in [1.165, 1.54) is 18.7 Å². The molecule has 0 N–H and O–H groups in total. The average Bonchev–Trinajstić information content (AvgIpc) is 2.42. The van der Waals surface area contributed by atoms with Crippen molar-refractivity contribution < 1.29 is 4.74 Å². The number of piperazine rings is 1. The zero-order valence-electron chi connectivity index (χ0n) is 11.2. The zero-order chi connectivity index (χ0) is 13.7. The van der Waals surface area contributed by atoms with E-state index in [9.17, 15) is 0 Å². The second kappa shape index (κ2) is 7.62. The molecule has 19 heavy (non-hydrogen) atoms. The minimum Gasteiger partial charge on any atom is -0.496 e. The van der Waals surface area contributed by atoms with Crippen LogP contribution in [0, 0.1) is 0 Å². The highest BCUT2D eigenvalue weighted by molar-refractivity contribution is 9.10. The van der Waals surface area contributed by atoms with Crippen LogP contribution in [0.3, 0.4) is 0 Å². The van der Waals surface area contributed by atoms with Crippen molar-refractivity contribution in [1.82, 2.24) is 9.80 Å². The third-order valence-electron chi connectivity index (χ3n) is 3.49. The molecule has 0 bridgehead atoms. The molecular formula is C14H20Br2N2O. The molecule has 5 heteroatoms. The molecule has 0 spiro atoms. The Labute approximate surface area is 132 Å². The van der Waals surface area contributed by atoms with E-state index in [2.05, 4.69) is 53.8 Å². The summed E-state index contributed by atoms with van der Waals surface area (Å²) in [5.41, 5.74) is 1.33. The van der Waals surface area contributed by atoms with E-state index in [1.807, 2.05) is 6.07 Å². The number of nitrogens with zero attached hydrogens (tertiary/aromatic N) is 2. The number of hydrogen-bond acceptors (Lipinski definition) is 3. The fourth-order valence-corrected chi connectivity index (χ4v) is 3.45. The molecule has 0 aromatic heterocycles. The van der Waals surface area contributed by atoms with Gasteiger partial charge in [0.25, 0.3) is 0 Å². The minimum absolute atomic E-state index is 0.894. The van der Waals surface area contributed by atoms with E-state index < -0.39 is 0 Å². The van der Waals surface area contributed by atoms with Gasteiger partial charge in [-0.15, -0.1) is 0 Å². The average molecular weight is 392 g/mol. The molecule has 1 aromatic carbocycles. The first kappa shape index (κ1) is 15.3. The summed E-state index contributed by atoms with van der Waals surface area (Å²) in [6, 6.07) is 6.33. The van der Waals surface area contributed by atoms with Gasteiger partial charge in [0, 0.05) is 44.6 Å². The summed E-state index contributed by atoms with van der Waals surface area (Å²) in [6.07, 6.45) is 0. The predicted molar refractivity (Wildman–Crippen MR) is 86.2 cm³/mol. The largest absolute Gasteiger partial charge is 0.496 e. The second-order valence-corrected chi connectivity index (χ2v) is 6.42. The summed E-state index contributed by atoms with van der Waals surface area (Å²) in [4.78, 5) is 5.02. The van der Waals surface area contributed by atoms with E-state index in [0.717, 1.165) is 41.7 Å². The number of hydrogen-bond donors (Lipinski definition) is 0. The number of rotatable bonds is 5. The second-order valence-electron chi connectivity index (χ2n) is 4.78. The van der Waals surface area contributed by atoms with Gasteiger partial charge in [0.05, 0.1) is 11.6 Å². The monoisotopic (exact) mass is 390 g/mol. The number of halogens is 2. The lowest BCUT2D eigenvalue weighted by Crippen LogP contribution is -2.46. The normalized spacial score (nSPS) is 17.6. The number of alkyl halides is 1. The first-order chi connectivity index (χ1) is 9.22. The summed E-state index contributed by atoms with van der Waals surface area (Å²) in [5.74, 6) is 0.894. The van der Waals surface area contributed by atoms with E-state index in [1.54, 1.807) is 7.11 Å². The summed E-state index contributed by atoms with van der Waals surface area (Å²) in [6.45, 7) is 6.81. The van der Waals surface area contributed by atoms with Crippen molar-refractivity contribution in [1.29, 1.82) is 0 Å². The Morgan fingerprint density at radius 3 is 2.42 bits per heavy atom. The fraction of sp³-hybridized carbons (Fsp3) is 0.571. The van der Waals surface area contributed by atoms with E-state index in [-0.39, 0.29) is 0 Å². The molecule has 2 rings (SSSR count). The molecule has 0 unspecified atom stereocenters. The van der Waals surface area contributed by atoms with Crippen LogP contribution in [0.15, 0.2) is 22.7 Å². The Hall–Kier alpha value is -0.100. The molecule has 0 saturated carbocycles. The molecule has 1 fully saturated rings. The van der Waals surface area contributed by atoms with E-state index >= 15 is 0 Å². The highest BCUT2D eigenvalue weighted by Gasteiger charge is 2.16. The smallest absolute Gasteiger partial charge is 0.133 e. The molecule has 106 valence electrons. The van der Waals surface area contributed by atoms with Crippen molar-refractivity contribution in [2.24, 2.45) is 0 Å². The van der Waals surface area contributed by atoms with E-state index in [0.29, 0.717) is 0 Å². The van der Waals surface area contributed by atoms with Gasteiger partial charge in [0.1, 0.15) is 5.75 Å². The van der Waals surface area contributed by atoms with Gasteiger partial charge in [-0.25, -0.2) is 0 Å². The SMILES string of the molecule is COc1ccc(CN2CCN(CCBr)CC2)cc1Br. The maximum atomic E-state index is 5.26. The molecule has 1 aliphatic heterocycles. The third-order valence-corrected chi connectivity index (χ3v) is 4.46. The summed E-state index contributed by atoms with van der Waals surface area (Å²) >= 11 is 7.05. The first-order valence-corrected chi connectivity index (χ1v) is 8.47. The van der Waals surface area contributed by atoms with Crippen LogP contribution in [0.5, 0.6) is 5.75 Å². The van der Waals surface area contributed by atoms with Gasteiger partial charge in [-0.3, -0.25) is 9.80 Å². The molecular weight excluding hydrogens is 372 g/mol. The first-order valence-electron chi connectivity index (χ1n) is 6.56. The van der Waals surface area contributed by atoms with Crippen molar-refractivity contribution in [2.45, 2.75) is 6.54 Å². The van der Waals surface area contributed by atoms with Crippen molar-refractivity contribution in [3.63, 3.8) is 0 Å². The van der Waals surface area contributed by atoms with Crippen LogP contribution >= 0.6 is 31.9 Å². The highest BCUT2D eigenvalue weighted by Crippen LogP contribution is 2.26. The van der Waals surface area contributed by atoms with Crippen molar-refractivity contribution in [2.75, 3.05) is 45.2 Å².